The first-order chi connectivity index (χ1) is 8.97. The van der Waals surface area contributed by atoms with E-state index in [1.807, 2.05) is 0 Å². The van der Waals surface area contributed by atoms with Crippen LogP contribution in [0.4, 0.5) is 4.39 Å². The Kier molecular flexibility index (Phi) is 3.44. The number of hydrogen-bond acceptors (Lipinski definition) is 2. The SMILES string of the molecule is CC1CC(O)(Cc2cc(Br)ccc2F)CN1C1CC1. The molecule has 1 saturated heterocycles. The van der Waals surface area contributed by atoms with Gasteiger partial charge in [-0.2, -0.15) is 0 Å². The van der Waals surface area contributed by atoms with Gasteiger partial charge in [0, 0.05) is 29.5 Å². The minimum Gasteiger partial charge on any atom is -0.388 e. The Morgan fingerprint density at radius 2 is 2.21 bits per heavy atom. The smallest absolute Gasteiger partial charge is 0.126 e. The lowest BCUT2D eigenvalue weighted by Crippen LogP contribution is -2.36. The summed E-state index contributed by atoms with van der Waals surface area (Å²) >= 11 is 3.36. The maximum absolute atomic E-state index is 13.8. The molecule has 3 rings (SSSR count). The molecule has 1 aliphatic heterocycles. The summed E-state index contributed by atoms with van der Waals surface area (Å²) in [6, 6.07) is 5.97. The summed E-state index contributed by atoms with van der Waals surface area (Å²) in [4.78, 5) is 2.38. The van der Waals surface area contributed by atoms with E-state index in [1.165, 1.54) is 18.9 Å². The number of halogens is 2. The van der Waals surface area contributed by atoms with E-state index < -0.39 is 5.60 Å². The Morgan fingerprint density at radius 1 is 1.47 bits per heavy atom. The van der Waals surface area contributed by atoms with Gasteiger partial charge < -0.3 is 5.11 Å². The highest BCUT2D eigenvalue weighted by atomic mass is 79.9. The third-order valence-electron chi connectivity index (χ3n) is 4.26. The van der Waals surface area contributed by atoms with Crippen LogP contribution in [0.25, 0.3) is 0 Å². The van der Waals surface area contributed by atoms with Crippen LogP contribution in [0, 0.1) is 5.82 Å². The monoisotopic (exact) mass is 327 g/mol. The molecule has 1 heterocycles. The Labute approximate surface area is 121 Å². The van der Waals surface area contributed by atoms with Crippen LogP contribution in [0.2, 0.25) is 0 Å². The lowest BCUT2D eigenvalue weighted by atomic mass is 9.92. The standard InChI is InChI=1S/C15H19BrFNO/c1-10-7-15(19,9-18(10)13-3-4-13)8-11-6-12(16)2-5-14(11)17/h2,5-6,10,13,19H,3-4,7-9H2,1H3. The average Bonchev–Trinajstić information content (AvgIpc) is 3.11. The maximum Gasteiger partial charge on any atom is 0.126 e. The minimum atomic E-state index is -0.788. The Hall–Kier alpha value is -0.450. The summed E-state index contributed by atoms with van der Waals surface area (Å²) in [6.07, 6.45) is 3.61. The quantitative estimate of drug-likeness (QED) is 0.922. The molecule has 0 radical (unpaired) electrons. The molecule has 0 spiro atoms. The molecule has 0 aromatic heterocycles. The number of β-amino-alcohol motifs (C(OH)–C–C–N with tert-alkyl or cyclic N) is 1. The van der Waals surface area contributed by atoms with E-state index in [1.54, 1.807) is 12.1 Å². The second kappa shape index (κ2) is 4.83. The Balaban J connectivity index is 1.76. The fraction of sp³-hybridized carbons (Fsp3) is 0.600. The molecule has 1 aromatic carbocycles. The van der Waals surface area contributed by atoms with Crippen molar-refractivity contribution in [3.8, 4) is 0 Å². The van der Waals surface area contributed by atoms with E-state index in [0.29, 0.717) is 30.6 Å². The van der Waals surface area contributed by atoms with Gasteiger partial charge in [0.1, 0.15) is 5.82 Å². The summed E-state index contributed by atoms with van der Waals surface area (Å²) in [7, 11) is 0. The molecule has 0 amide bonds. The second-order valence-corrected chi connectivity index (χ2v) is 7.01. The first-order valence-electron chi connectivity index (χ1n) is 6.89. The van der Waals surface area contributed by atoms with Gasteiger partial charge >= 0.3 is 0 Å². The average molecular weight is 328 g/mol. The molecule has 2 nitrogen and oxygen atoms in total. The maximum atomic E-state index is 13.8. The number of likely N-dealkylation sites (tertiary alicyclic amines) is 1. The highest BCUT2D eigenvalue weighted by Crippen LogP contribution is 2.38. The zero-order chi connectivity index (χ0) is 13.6. The molecule has 1 N–H and O–H groups in total. The summed E-state index contributed by atoms with van der Waals surface area (Å²) in [5.74, 6) is -0.228. The molecule has 2 aliphatic rings. The van der Waals surface area contributed by atoms with Crippen molar-refractivity contribution in [1.29, 1.82) is 0 Å². The van der Waals surface area contributed by atoms with Gasteiger partial charge in [0.2, 0.25) is 0 Å². The van der Waals surface area contributed by atoms with Gasteiger partial charge in [-0.15, -0.1) is 0 Å². The third kappa shape index (κ3) is 2.86. The largest absolute Gasteiger partial charge is 0.388 e. The first-order valence-corrected chi connectivity index (χ1v) is 7.68. The van der Waals surface area contributed by atoms with Gasteiger partial charge in [-0.05, 0) is 49.9 Å². The van der Waals surface area contributed by atoms with Crippen molar-refractivity contribution in [3.05, 3.63) is 34.1 Å². The van der Waals surface area contributed by atoms with Crippen molar-refractivity contribution >= 4 is 15.9 Å². The minimum absolute atomic E-state index is 0.228. The summed E-state index contributed by atoms with van der Waals surface area (Å²) in [5, 5.41) is 10.8. The number of hydrogen-bond donors (Lipinski definition) is 1. The zero-order valence-electron chi connectivity index (χ0n) is 11.1. The lowest BCUT2D eigenvalue weighted by Gasteiger charge is -2.24. The molecule has 0 bridgehead atoms. The number of rotatable bonds is 3. The lowest BCUT2D eigenvalue weighted by molar-refractivity contribution is 0.0478. The van der Waals surface area contributed by atoms with E-state index in [2.05, 4.69) is 27.8 Å². The molecular weight excluding hydrogens is 309 g/mol. The van der Waals surface area contributed by atoms with Gasteiger partial charge in [0.05, 0.1) is 5.60 Å². The Bertz CT molecular complexity index is 491. The molecule has 1 aliphatic carbocycles. The second-order valence-electron chi connectivity index (χ2n) is 6.09. The molecule has 1 saturated carbocycles. The van der Waals surface area contributed by atoms with Crippen molar-refractivity contribution in [3.63, 3.8) is 0 Å². The van der Waals surface area contributed by atoms with Crippen molar-refractivity contribution in [2.75, 3.05) is 6.54 Å². The molecule has 2 unspecified atom stereocenters. The summed E-state index contributed by atoms with van der Waals surface area (Å²) in [6.45, 7) is 2.83. The van der Waals surface area contributed by atoms with Crippen molar-refractivity contribution < 1.29 is 9.50 Å². The van der Waals surface area contributed by atoms with E-state index in [4.69, 9.17) is 0 Å². The summed E-state index contributed by atoms with van der Waals surface area (Å²) < 4.78 is 14.7. The molecule has 4 heteroatoms. The van der Waals surface area contributed by atoms with E-state index in [9.17, 15) is 9.50 Å². The fourth-order valence-electron chi connectivity index (χ4n) is 3.28. The van der Waals surface area contributed by atoms with Crippen LogP contribution in [0.1, 0.15) is 31.7 Å². The fourth-order valence-corrected chi connectivity index (χ4v) is 3.69. The van der Waals surface area contributed by atoms with E-state index in [0.717, 1.165) is 10.9 Å². The molecule has 1 aromatic rings. The molecule has 2 atom stereocenters. The predicted octanol–water partition coefficient (Wildman–Crippen LogP) is 3.12. The van der Waals surface area contributed by atoms with Crippen LogP contribution in [0.3, 0.4) is 0 Å². The van der Waals surface area contributed by atoms with Gasteiger partial charge in [0.25, 0.3) is 0 Å². The van der Waals surface area contributed by atoms with Crippen molar-refractivity contribution in [2.24, 2.45) is 0 Å². The predicted molar refractivity (Wildman–Crippen MR) is 76.6 cm³/mol. The van der Waals surface area contributed by atoms with Gasteiger partial charge in [-0.3, -0.25) is 4.90 Å². The van der Waals surface area contributed by atoms with Crippen LogP contribution in [-0.4, -0.2) is 34.2 Å². The van der Waals surface area contributed by atoms with Gasteiger partial charge in [-0.25, -0.2) is 4.39 Å². The molecule has 104 valence electrons. The van der Waals surface area contributed by atoms with Crippen molar-refractivity contribution in [2.45, 2.75) is 50.3 Å². The molecule has 2 fully saturated rings. The first kappa shape index (κ1) is 13.5. The Morgan fingerprint density at radius 3 is 2.89 bits per heavy atom. The highest BCUT2D eigenvalue weighted by Gasteiger charge is 2.46. The molecular formula is C15H19BrFNO. The van der Waals surface area contributed by atoms with Gasteiger partial charge in [0.15, 0.2) is 0 Å². The highest BCUT2D eigenvalue weighted by molar-refractivity contribution is 9.10. The van der Waals surface area contributed by atoms with E-state index in [-0.39, 0.29) is 5.82 Å². The van der Waals surface area contributed by atoms with Gasteiger partial charge in [-0.1, -0.05) is 15.9 Å². The van der Waals surface area contributed by atoms with E-state index >= 15 is 0 Å². The van der Waals surface area contributed by atoms with Crippen molar-refractivity contribution in [1.82, 2.24) is 4.90 Å². The third-order valence-corrected chi connectivity index (χ3v) is 4.75. The number of aliphatic hydroxyl groups is 1. The zero-order valence-corrected chi connectivity index (χ0v) is 12.7. The topological polar surface area (TPSA) is 23.5 Å². The van der Waals surface area contributed by atoms with Crippen LogP contribution >= 0.6 is 15.9 Å². The number of benzene rings is 1. The molecule has 19 heavy (non-hydrogen) atoms. The van der Waals surface area contributed by atoms with Crippen LogP contribution in [0.5, 0.6) is 0 Å². The van der Waals surface area contributed by atoms with Crippen LogP contribution in [-0.2, 0) is 6.42 Å². The number of nitrogens with zero attached hydrogens (tertiary/aromatic N) is 1. The normalized spacial score (nSPS) is 31.9. The summed E-state index contributed by atoms with van der Waals surface area (Å²) in [5.41, 5.74) is -0.189. The van der Waals surface area contributed by atoms with Crippen LogP contribution in [0.15, 0.2) is 22.7 Å². The van der Waals surface area contributed by atoms with Crippen LogP contribution < -0.4 is 0 Å².